The van der Waals surface area contributed by atoms with Gasteiger partial charge in [-0.2, -0.15) is 0 Å². The lowest BCUT2D eigenvalue weighted by atomic mass is 9.87. The minimum Gasteiger partial charge on any atom is -0.0919 e. The predicted molar refractivity (Wildman–Crippen MR) is 63.3 cm³/mol. The second-order valence-electron chi connectivity index (χ2n) is 3.65. The molecule has 0 atom stereocenters. The average molecular weight is 282 g/mol. The van der Waals surface area contributed by atoms with Crippen LogP contribution >= 0.6 is 39.1 Å². The highest BCUT2D eigenvalue weighted by molar-refractivity contribution is 9.09. The van der Waals surface area contributed by atoms with Gasteiger partial charge in [0.1, 0.15) is 0 Å². The van der Waals surface area contributed by atoms with E-state index in [1.165, 1.54) is 5.56 Å². The molecule has 0 saturated carbocycles. The normalized spacial score (nSPS) is 11.8. The average Bonchev–Trinajstić information content (AvgIpc) is 2.09. The molecule has 0 nitrogen and oxygen atoms in total. The van der Waals surface area contributed by atoms with Gasteiger partial charge < -0.3 is 0 Å². The van der Waals surface area contributed by atoms with Crippen molar-refractivity contribution in [1.82, 2.24) is 0 Å². The van der Waals surface area contributed by atoms with E-state index in [1.807, 2.05) is 18.2 Å². The van der Waals surface area contributed by atoms with Crippen LogP contribution in [0.1, 0.15) is 19.4 Å². The lowest BCUT2D eigenvalue weighted by molar-refractivity contribution is 0.607. The molecule has 1 aromatic carbocycles. The fourth-order valence-corrected chi connectivity index (χ4v) is 1.62. The van der Waals surface area contributed by atoms with Crippen molar-refractivity contribution in [1.29, 1.82) is 0 Å². The van der Waals surface area contributed by atoms with E-state index in [-0.39, 0.29) is 5.41 Å². The van der Waals surface area contributed by atoms with Crippen LogP contribution in [0.2, 0.25) is 10.0 Å². The van der Waals surface area contributed by atoms with E-state index < -0.39 is 0 Å². The lowest BCUT2D eigenvalue weighted by Gasteiger charge is -2.22. The van der Waals surface area contributed by atoms with Gasteiger partial charge >= 0.3 is 0 Å². The zero-order valence-electron chi connectivity index (χ0n) is 7.57. The molecule has 0 aliphatic carbocycles. The molecule has 0 aromatic heterocycles. The fourth-order valence-electron chi connectivity index (χ4n) is 0.994. The zero-order valence-corrected chi connectivity index (χ0v) is 10.7. The molecule has 0 N–H and O–H groups in total. The van der Waals surface area contributed by atoms with Gasteiger partial charge in [0, 0.05) is 5.33 Å². The maximum atomic E-state index is 5.93. The third-order valence-electron chi connectivity index (χ3n) is 2.04. The maximum Gasteiger partial charge on any atom is 0.0595 e. The summed E-state index contributed by atoms with van der Waals surface area (Å²) in [6.45, 7) is 4.31. The van der Waals surface area contributed by atoms with Crippen LogP contribution in [-0.2, 0) is 5.41 Å². The molecular weight excluding hydrogens is 271 g/mol. The molecule has 0 saturated heterocycles. The Kier molecular flexibility index (Phi) is 3.67. The van der Waals surface area contributed by atoms with Gasteiger partial charge in [-0.3, -0.25) is 0 Å². The van der Waals surface area contributed by atoms with E-state index in [2.05, 4.69) is 29.8 Å². The molecule has 1 aromatic rings. The van der Waals surface area contributed by atoms with Crippen LogP contribution in [0, 0.1) is 0 Å². The Morgan fingerprint density at radius 1 is 1.23 bits per heavy atom. The summed E-state index contributed by atoms with van der Waals surface area (Å²) in [6.07, 6.45) is 0. The van der Waals surface area contributed by atoms with Gasteiger partial charge in [0.15, 0.2) is 0 Å². The standard InChI is InChI=1S/C10H11BrCl2/c1-10(2,6-11)7-3-4-8(12)9(13)5-7/h3-5H,6H2,1-2H3. The number of hydrogen-bond acceptors (Lipinski definition) is 0. The van der Waals surface area contributed by atoms with Crippen molar-refractivity contribution in [3.8, 4) is 0 Å². The minimum absolute atomic E-state index is 0.0915. The van der Waals surface area contributed by atoms with Crippen molar-refractivity contribution in [2.45, 2.75) is 19.3 Å². The molecule has 0 heterocycles. The van der Waals surface area contributed by atoms with Crippen LogP contribution in [0.5, 0.6) is 0 Å². The molecular formula is C10H11BrCl2. The summed E-state index contributed by atoms with van der Waals surface area (Å²) in [5.74, 6) is 0. The van der Waals surface area contributed by atoms with E-state index in [9.17, 15) is 0 Å². The highest BCUT2D eigenvalue weighted by atomic mass is 79.9. The molecule has 13 heavy (non-hydrogen) atoms. The summed E-state index contributed by atoms with van der Waals surface area (Å²) >= 11 is 15.2. The van der Waals surface area contributed by atoms with Crippen LogP contribution in [0.15, 0.2) is 18.2 Å². The Morgan fingerprint density at radius 2 is 1.85 bits per heavy atom. The summed E-state index contributed by atoms with van der Waals surface area (Å²) in [6, 6.07) is 5.77. The number of rotatable bonds is 2. The van der Waals surface area contributed by atoms with E-state index in [0.717, 1.165) is 5.33 Å². The van der Waals surface area contributed by atoms with Crippen LogP contribution in [0.25, 0.3) is 0 Å². The van der Waals surface area contributed by atoms with Crippen molar-refractivity contribution in [2.75, 3.05) is 5.33 Å². The highest BCUT2D eigenvalue weighted by Crippen LogP contribution is 2.30. The molecule has 0 amide bonds. The maximum absolute atomic E-state index is 5.93. The molecule has 0 aliphatic rings. The second kappa shape index (κ2) is 4.20. The molecule has 0 unspecified atom stereocenters. The molecule has 72 valence electrons. The van der Waals surface area contributed by atoms with Gasteiger partial charge in [0.05, 0.1) is 10.0 Å². The topological polar surface area (TPSA) is 0 Å². The smallest absolute Gasteiger partial charge is 0.0595 e. The summed E-state index contributed by atoms with van der Waals surface area (Å²) in [5, 5.41) is 2.13. The van der Waals surface area contributed by atoms with E-state index in [1.54, 1.807) is 0 Å². The zero-order chi connectivity index (χ0) is 10.1. The number of halogens is 3. The minimum atomic E-state index is 0.0915. The van der Waals surface area contributed by atoms with Crippen LogP contribution < -0.4 is 0 Å². The van der Waals surface area contributed by atoms with Crippen molar-refractivity contribution in [2.24, 2.45) is 0 Å². The first-order valence-electron chi connectivity index (χ1n) is 3.99. The fraction of sp³-hybridized carbons (Fsp3) is 0.400. The Labute approximate surface area is 97.4 Å². The molecule has 0 fully saturated rings. The predicted octanol–water partition coefficient (Wildman–Crippen LogP) is 4.67. The molecule has 0 radical (unpaired) electrons. The first-order valence-corrected chi connectivity index (χ1v) is 5.86. The number of hydrogen-bond donors (Lipinski definition) is 0. The first-order chi connectivity index (χ1) is 5.97. The van der Waals surface area contributed by atoms with Gasteiger partial charge in [-0.05, 0) is 23.1 Å². The van der Waals surface area contributed by atoms with Crippen LogP contribution in [-0.4, -0.2) is 5.33 Å². The summed E-state index contributed by atoms with van der Waals surface area (Å²) in [4.78, 5) is 0. The van der Waals surface area contributed by atoms with Crippen LogP contribution in [0.3, 0.4) is 0 Å². The van der Waals surface area contributed by atoms with Crippen LogP contribution in [0.4, 0.5) is 0 Å². The Balaban J connectivity index is 3.10. The van der Waals surface area contributed by atoms with Gasteiger partial charge in [0.2, 0.25) is 0 Å². The molecule has 0 bridgehead atoms. The molecule has 3 heteroatoms. The second-order valence-corrected chi connectivity index (χ2v) is 5.02. The summed E-state index contributed by atoms with van der Waals surface area (Å²) in [5.41, 5.74) is 1.28. The van der Waals surface area contributed by atoms with Crippen molar-refractivity contribution in [3.63, 3.8) is 0 Å². The summed E-state index contributed by atoms with van der Waals surface area (Å²) in [7, 11) is 0. The third kappa shape index (κ3) is 2.61. The van der Waals surface area contributed by atoms with Gasteiger partial charge in [-0.15, -0.1) is 0 Å². The number of benzene rings is 1. The largest absolute Gasteiger partial charge is 0.0919 e. The van der Waals surface area contributed by atoms with Crippen molar-refractivity contribution in [3.05, 3.63) is 33.8 Å². The SMILES string of the molecule is CC(C)(CBr)c1ccc(Cl)c(Cl)c1. The third-order valence-corrected chi connectivity index (χ3v) is 4.18. The van der Waals surface area contributed by atoms with Crippen molar-refractivity contribution < 1.29 is 0 Å². The quantitative estimate of drug-likeness (QED) is 0.692. The van der Waals surface area contributed by atoms with E-state index in [4.69, 9.17) is 23.2 Å². The number of alkyl halides is 1. The van der Waals surface area contributed by atoms with Gasteiger partial charge in [-0.1, -0.05) is 59.0 Å². The van der Waals surface area contributed by atoms with Gasteiger partial charge in [0.25, 0.3) is 0 Å². The Hall–Kier alpha value is 0.280. The highest BCUT2D eigenvalue weighted by Gasteiger charge is 2.19. The molecule has 0 spiro atoms. The van der Waals surface area contributed by atoms with E-state index in [0.29, 0.717) is 10.0 Å². The summed E-state index contributed by atoms with van der Waals surface area (Å²) < 4.78 is 0. The van der Waals surface area contributed by atoms with Gasteiger partial charge in [-0.25, -0.2) is 0 Å². The monoisotopic (exact) mass is 280 g/mol. The van der Waals surface area contributed by atoms with Crippen molar-refractivity contribution >= 4 is 39.1 Å². The Morgan fingerprint density at radius 3 is 2.31 bits per heavy atom. The Bertz CT molecular complexity index is 308. The van der Waals surface area contributed by atoms with E-state index >= 15 is 0 Å². The molecule has 0 aliphatic heterocycles. The first kappa shape index (κ1) is 11.4. The molecule has 1 rings (SSSR count). The lowest BCUT2D eigenvalue weighted by Crippen LogP contribution is -2.18.